The maximum Gasteiger partial charge on any atom is 0.335 e. The van der Waals surface area contributed by atoms with Gasteiger partial charge < -0.3 is 19.1 Å². The van der Waals surface area contributed by atoms with Gasteiger partial charge in [0.25, 0.3) is 0 Å². The Morgan fingerprint density at radius 1 is 1.33 bits per heavy atom. The van der Waals surface area contributed by atoms with Crippen LogP contribution in [-0.2, 0) is 18.8 Å². The average Bonchev–Trinajstić information content (AvgIpc) is 2.32. The molecule has 0 spiro atoms. The van der Waals surface area contributed by atoms with Crippen molar-refractivity contribution in [2.24, 2.45) is 0 Å². The van der Waals surface area contributed by atoms with Gasteiger partial charge in [0.05, 0.1) is 6.10 Å². The number of aldehydes is 1. The molecule has 0 aliphatic heterocycles. The van der Waals surface area contributed by atoms with E-state index in [1.54, 1.807) is 0 Å². The molecule has 0 saturated heterocycles. The number of ether oxygens (including phenoxy) is 1. The van der Waals surface area contributed by atoms with E-state index in [0.717, 1.165) is 12.8 Å². The second-order valence-electron chi connectivity index (χ2n) is 6.80. The number of carbonyl (C=O) groups excluding carboxylic acids is 1. The molecule has 0 aliphatic carbocycles. The smallest absolute Gasteiger partial charge is 0.335 e. The summed E-state index contributed by atoms with van der Waals surface area (Å²) in [6.07, 6.45) is 0.645. The van der Waals surface area contributed by atoms with Crippen molar-refractivity contribution in [3.05, 3.63) is 0 Å². The molecule has 0 rings (SSSR count). The van der Waals surface area contributed by atoms with Crippen LogP contribution < -0.4 is 0 Å². The molecule has 1 N–H and O–H groups in total. The molecule has 0 aromatic rings. The highest BCUT2D eigenvalue weighted by molar-refractivity contribution is 6.74. The predicted molar refractivity (Wildman–Crippen MR) is 85.0 cm³/mol. The molecule has 0 heterocycles. The first kappa shape index (κ1) is 20.3. The van der Waals surface area contributed by atoms with Crippen LogP contribution in [0.2, 0.25) is 18.1 Å². The molecule has 0 aliphatic rings. The summed E-state index contributed by atoms with van der Waals surface area (Å²) in [7, 11) is -2.16. The van der Waals surface area contributed by atoms with Crippen molar-refractivity contribution < 1.29 is 23.9 Å². The van der Waals surface area contributed by atoms with Crippen molar-refractivity contribution in [1.82, 2.24) is 0 Å². The fraction of sp³-hybridized carbons (Fsp3) is 0.867. The number of unbranched alkanes of at least 4 members (excludes halogenated alkanes) is 1. The second kappa shape index (κ2) is 8.65. The van der Waals surface area contributed by atoms with Crippen LogP contribution >= 0.6 is 0 Å². The number of carboxylic acids is 1. The van der Waals surface area contributed by atoms with Crippen LogP contribution in [0.1, 0.15) is 47.0 Å². The van der Waals surface area contributed by atoms with E-state index in [1.807, 2.05) is 20.0 Å². The van der Waals surface area contributed by atoms with Gasteiger partial charge in [0.1, 0.15) is 6.29 Å². The Morgan fingerprint density at radius 2 is 1.90 bits per heavy atom. The van der Waals surface area contributed by atoms with E-state index < -0.39 is 26.5 Å². The van der Waals surface area contributed by atoms with Crippen LogP contribution in [0.3, 0.4) is 0 Å². The van der Waals surface area contributed by atoms with E-state index in [0.29, 0.717) is 12.9 Å². The third-order valence-corrected chi connectivity index (χ3v) is 8.46. The van der Waals surface area contributed by atoms with Crippen LogP contribution in [0.15, 0.2) is 0 Å². The van der Waals surface area contributed by atoms with Crippen molar-refractivity contribution in [1.29, 1.82) is 0 Å². The molecule has 2 unspecified atom stereocenters. The van der Waals surface area contributed by atoms with Crippen LogP contribution in [0.5, 0.6) is 0 Å². The maximum absolute atomic E-state index is 11.4. The van der Waals surface area contributed by atoms with E-state index in [4.69, 9.17) is 9.16 Å². The maximum atomic E-state index is 11.4. The molecule has 0 saturated carbocycles. The standard InChI is InChI=1S/C15H30O5Si/c1-7-8-11-19-13(14(17)18)12(9-10-16)20-21(5,6)15(2,3)4/h10,12-13H,7-9,11H2,1-6H3,(H,17,18). The molecule has 0 aromatic heterocycles. The quantitative estimate of drug-likeness (QED) is 0.380. The lowest BCUT2D eigenvalue weighted by atomic mass is 10.1. The third kappa shape index (κ3) is 6.71. The van der Waals surface area contributed by atoms with E-state index in [9.17, 15) is 14.7 Å². The zero-order chi connectivity index (χ0) is 16.7. The van der Waals surface area contributed by atoms with Crippen molar-refractivity contribution in [2.75, 3.05) is 6.61 Å². The van der Waals surface area contributed by atoms with Crippen molar-refractivity contribution >= 4 is 20.6 Å². The highest BCUT2D eigenvalue weighted by Crippen LogP contribution is 2.38. The molecule has 0 aromatic carbocycles. The van der Waals surface area contributed by atoms with Gasteiger partial charge in [0, 0.05) is 13.0 Å². The molecule has 0 bridgehead atoms. The third-order valence-electron chi connectivity index (χ3n) is 3.96. The number of carbonyl (C=O) groups is 2. The monoisotopic (exact) mass is 318 g/mol. The molecule has 6 heteroatoms. The Morgan fingerprint density at radius 3 is 2.29 bits per heavy atom. The highest BCUT2D eigenvalue weighted by Gasteiger charge is 2.42. The van der Waals surface area contributed by atoms with Gasteiger partial charge in [-0.1, -0.05) is 34.1 Å². The summed E-state index contributed by atoms with van der Waals surface area (Å²) in [6.45, 7) is 12.7. The van der Waals surface area contributed by atoms with Gasteiger partial charge in [-0.25, -0.2) is 4.79 Å². The normalized spacial score (nSPS) is 15.5. The van der Waals surface area contributed by atoms with Crippen molar-refractivity contribution in [2.45, 2.75) is 77.3 Å². The zero-order valence-corrected chi connectivity index (χ0v) is 15.1. The first-order valence-corrected chi connectivity index (χ1v) is 10.4. The van der Waals surface area contributed by atoms with E-state index in [-0.39, 0.29) is 11.5 Å². The zero-order valence-electron chi connectivity index (χ0n) is 14.1. The topological polar surface area (TPSA) is 72.8 Å². The SMILES string of the molecule is CCCCOC(C(=O)O)C(CC=O)O[Si](C)(C)C(C)(C)C. The highest BCUT2D eigenvalue weighted by atomic mass is 28.4. The fourth-order valence-electron chi connectivity index (χ4n) is 1.58. The summed E-state index contributed by atoms with van der Waals surface area (Å²) in [5.74, 6) is -1.07. The molecule has 0 fully saturated rings. The molecule has 0 radical (unpaired) electrons. The van der Waals surface area contributed by atoms with E-state index in [1.165, 1.54) is 0 Å². The lowest BCUT2D eigenvalue weighted by Crippen LogP contribution is -2.49. The van der Waals surface area contributed by atoms with Crippen LogP contribution in [-0.4, -0.2) is 44.5 Å². The molecular weight excluding hydrogens is 288 g/mol. The van der Waals surface area contributed by atoms with Crippen LogP contribution in [0.25, 0.3) is 0 Å². The molecule has 5 nitrogen and oxygen atoms in total. The first-order valence-electron chi connectivity index (χ1n) is 7.52. The molecule has 124 valence electrons. The Labute approximate surface area is 129 Å². The largest absolute Gasteiger partial charge is 0.479 e. The Kier molecular flexibility index (Phi) is 8.36. The molecule has 0 amide bonds. The lowest BCUT2D eigenvalue weighted by Gasteiger charge is -2.40. The summed E-state index contributed by atoms with van der Waals surface area (Å²) in [5, 5.41) is 9.31. The van der Waals surface area contributed by atoms with E-state index >= 15 is 0 Å². The Balaban J connectivity index is 5.05. The van der Waals surface area contributed by atoms with Gasteiger partial charge in [-0.05, 0) is 24.6 Å². The van der Waals surface area contributed by atoms with Crippen LogP contribution in [0, 0.1) is 0 Å². The molecule has 21 heavy (non-hydrogen) atoms. The number of carboxylic acid groups (broad SMARTS) is 1. The summed E-state index contributed by atoms with van der Waals surface area (Å²) >= 11 is 0. The first-order chi connectivity index (χ1) is 9.56. The Bertz CT molecular complexity index is 335. The van der Waals surface area contributed by atoms with Crippen molar-refractivity contribution in [3.63, 3.8) is 0 Å². The van der Waals surface area contributed by atoms with Crippen molar-refractivity contribution in [3.8, 4) is 0 Å². The molecular formula is C15H30O5Si. The van der Waals surface area contributed by atoms with Gasteiger partial charge >= 0.3 is 5.97 Å². The minimum atomic E-state index is -2.16. The van der Waals surface area contributed by atoms with Gasteiger partial charge in [-0.3, -0.25) is 0 Å². The summed E-state index contributed by atoms with van der Waals surface area (Å²) in [4.78, 5) is 22.3. The number of aliphatic carboxylic acids is 1. The summed E-state index contributed by atoms with van der Waals surface area (Å²) in [6, 6.07) is 0. The fourth-order valence-corrected chi connectivity index (χ4v) is 2.91. The predicted octanol–water partition coefficient (Wildman–Crippen LogP) is 3.24. The van der Waals surface area contributed by atoms with Gasteiger partial charge in [0.15, 0.2) is 14.4 Å². The number of hydrogen-bond donors (Lipinski definition) is 1. The number of rotatable bonds is 10. The van der Waals surface area contributed by atoms with Gasteiger partial charge in [0.2, 0.25) is 0 Å². The summed E-state index contributed by atoms with van der Waals surface area (Å²) < 4.78 is 11.6. The number of hydrogen-bond acceptors (Lipinski definition) is 4. The van der Waals surface area contributed by atoms with Gasteiger partial charge in [-0.15, -0.1) is 0 Å². The molecule has 2 atom stereocenters. The van der Waals surface area contributed by atoms with E-state index in [2.05, 4.69) is 20.8 Å². The minimum absolute atomic E-state index is 0.0373. The van der Waals surface area contributed by atoms with Crippen LogP contribution in [0.4, 0.5) is 0 Å². The van der Waals surface area contributed by atoms with Gasteiger partial charge in [-0.2, -0.15) is 0 Å². The lowest BCUT2D eigenvalue weighted by molar-refractivity contribution is -0.158. The Hall–Kier alpha value is -0.723. The second-order valence-corrected chi connectivity index (χ2v) is 11.6. The average molecular weight is 318 g/mol. The minimum Gasteiger partial charge on any atom is -0.479 e. The summed E-state index contributed by atoms with van der Waals surface area (Å²) in [5.41, 5.74) is 0.